The zero-order valence-electron chi connectivity index (χ0n) is 23.4. The summed E-state index contributed by atoms with van der Waals surface area (Å²) in [7, 11) is 5.38. The number of hydrazine groups is 1. The predicted octanol–water partition coefficient (Wildman–Crippen LogP) is 2.37. The Morgan fingerprint density at radius 1 is 1.26 bits per heavy atom. The van der Waals surface area contributed by atoms with Crippen molar-refractivity contribution in [3.63, 3.8) is 0 Å². The standard InChI is InChI=1S/C28H33F2N7O5/c1-35(2)11-9-19-23(29)27(41-18-6-4-5-17(13-18)26-33-10-12-36(26)3)37(34-15-22(39)40)28(24(19)30)42-21-14-16(25(31)32)7-8-20(21)38/h4-8,13-14,28,34,38H,9-12,15H2,1-3H3,(H3,31,32)(H,39,40). The van der Waals surface area contributed by atoms with Crippen LogP contribution in [-0.2, 0) is 4.79 Å². The highest BCUT2D eigenvalue weighted by molar-refractivity contribution is 6.00. The number of phenols is 1. The molecule has 0 aromatic heterocycles. The van der Waals surface area contributed by atoms with E-state index in [4.69, 9.17) is 20.6 Å². The highest BCUT2D eigenvalue weighted by Crippen LogP contribution is 2.39. The molecule has 0 fully saturated rings. The third-order valence-electron chi connectivity index (χ3n) is 6.50. The Bertz CT molecular complexity index is 1460. The molecule has 2 aliphatic rings. The molecule has 0 aliphatic carbocycles. The first-order valence-corrected chi connectivity index (χ1v) is 13.0. The largest absolute Gasteiger partial charge is 0.504 e. The van der Waals surface area contributed by atoms with Gasteiger partial charge >= 0.3 is 5.97 Å². The van der Waals surface area contributed by atoms with Crippen molar-refractivity contribution in [1.29, 1.82) is 5.41 Å². The third kappa shape index (κ3) is 6.78. The van der Waals surface area contributed by atoms with Gasteiger partial charge in [-0.3, -0.25) is 15.2 Å². The Balaban J connectivity index is 1.79. The number of likely N-dealkylation sites (N-methyl/N-ethyl adjacent to an activating group) is 1. The maximum Gasteiger partial charge on any atom is 0.319 e. The summed E-state index contributed by atoms with van der Waals surface area (Å²) in [6, 6.07) is 10.5. The maximum absolute atomic E-state index is 16.1. The number of nitrogens with two attached hydrogens (primary N) is 1. The second-order valence-electron chi connectivity index (χ2n) is 9.92. The number of amidine groups is 2. The van der Waals surface area contributed by atoms with Crippen molar-refractivity contribution in [2.45, 2.75) is 12.6 Å². The number of rotatable bonds is 12. The van der Waals surface area contributed by atoms with Gasteiger partial charge in [-0.2, -0.15) is 0 Å². The summed E-state index contributed by atoms with van der Waals surface area (Å²) in [6.07, 6.45) is -1.89. The summed E-state index contributed by atoms with van der Waals surface area (Å²) in [5.41, 5.74) is 8.56. The highest BCUT2D eigenvalue weighted by Gasteiger charge is 2.40. The summed E-state index contributed by atoms with van der Waals surface area (Å²) in [5, 5.41) is 28.3. The number of hydrogen-bond acceptors (Lipinski definition) is 10. The predicted molar refractivity (Wildman–Crippen MR) is 152 cm³/mol. The summed E-state index contributed by atoms with van der Waals surface area (Å²) in [4.78, 5) is 19.7. The van der Waals surface area contributed by atoms with E-state index in [9.17, 15) is 15.0 Å². The second kappa shape index (κ2) is 12.9. The zero-order chi connectivity index (χ0) is 30.6. The number of benzene rings is 2. The minimum Gasteiger partial charge on any atom is -0.504 e. The van der Waals surface area contributed by atoms with Gasteiger partial charge in [0.05, 0.1) is 6.54 Å². The van der Waals surface area contributed by atoms with E-state index in [2.05, 4.69) is 10.4 Å². The van der Waals surface area contributed by atoms with Crippen LogP contribution < -0.4 is 20.6 Å². The van der Waals surface area contributed by atoms with Gasteiger partial charge in [-0.1, -0.05) is 12.1 Å². The van der Waals surface area contributed by atoms with Crippen molar-refractivity contribution in [3.8, 4) is 17.2 Å². The van der Waals surface area contributed by atoms with E-state index in [1.807, 2.05) is 18.0 Å². The number of phenolic OH excluding ortho intramolecular Hbond substituents is 1. The van der Waals surface area contributed by atoms with E-state index in [0.29, 0.717) is 12.1 Å². The monoisotopic (exact) mass is 585 g/mol. The van der Waals surface area contributed by atoms with Crippen molar-refractivity contribution in [1.82, 2.24) is 20.2 Å². The topological polar surface area (TPSA) is 160 Å². The molecular formula is C28H33F2N7O5. The molecule has 0 saturated carbocycles. The second-order valence-corrected chi connectivity index (χ2v) is 9.92. The van der Waals surface area contributed by atoms with E-state index >= 15 is 8.78 Å². The molecule has 6 N–H and O–H groups in total. The smallest absolute Gasteiger partial charge is 0.319 e. The summed E-state index contributed by atoms with van der Waals surface area (Å²) in [6.45, 7) is 0.884. The molecule has 12 nitrogen and oxygen atoms in total. The van der Waals surface area contributed by atoms with Crippen molar-refractivity contribution >= 4 is 17.6 Å². The lowest BCUT2D eigenvalue weighted by molar-refractivity contribution is -0.138. The number of allylic oxidation sites excluding steroid dienone is 1. The van der Waals surface area contributed by atoms with Crippen LogP contribution in [0.5, 0.6) is 17.2 Å². The number of nitrogens with one attached hydrogen (secondary N) is 2. The van der Waals surface area contributed by atoms with Crippen LogP contribution in [0.1, 0.15) is 17.5 Å². The zero-order valence-corrected chi connectivity index (χ0v) is 23.4. The number of carboxylic acids is 1. The Morgan fingerprint density at radius 3 is 2.67 bits per heavy atom. The molecule has 0 spiro atoms. The molecule has 1 atom stereocenters. The molecule has 14 heteroatoms. The fraction of sp³-hybridized carbons (Fsp3) is 0.321. The van der Waals surface area contributed by atoms with Gasteiger partial charge in [-0.25, -0.2) is 19.2 Å². The van der Waals surface area contributed by atoms with Gasteiger partial charge < -0.3 is 35.2 Å². The first kappa shape index (κ1) is 30.3. The fourth-order valence-corrected chi connectivity index (χ4v) is 4.33. The Kier molecular flexibility index (Phi) is 9.28. The van der Waals surface area contributed by atoms with Crippen LogP contribution in [-0.4, -0.2) is 96.2 Å². The maximum atomic E-state index is 16.1. The molecule has 1 unspecified atom stereocenters. The van der Waals surface area contributed by atoms with E-state index < -0.39 is 42.0 Å². The molecule has 0 amide bonds. The first-order chi connectivity index (χ1) is 20.0. The molecule has 4 rings (SSSR count). The SMILES string of the molecule is CN(C)CCC1=C(F)C(Oc2cc(C(=N)N)ccc2O)N(NCC(=O)O)C(Oc2cccc(C3=NCCN3C)c2)=C1F. The molecule has 0 bridgehead atoms. The normalized spacial score (nSPS) is 17.2. The molecule has 42 heavy (non-hydrogen) atoms. The van der Waals surface area contributed by atoms with Gasteiger partial charge in [0, 0.05) is 36.8 Å². The Morgan fingerprint density at radius 2 is 2.02 bits per heavy atom. The van der Waals surface area contributed by atoms with Crippen LogP contribution >= 0.6 is 0 Å². The number of ether oxygens (including phenoxy) is 2. The van der Waals surface area contributed by atoms with Crippen LogP contribution in [0.25, 0.3) is 0 Å². The summed E-state index contributed by atoms with van der Waals surface area (Å²) < 4.78 is 44.0. The molecular weight excluding hydrogens is 552 g/mol. The number of carboxylic acid groups (broad SMARTS) is 1. The highest BCUT2D eigenvalue weighted by atomic mass is 19.1. The molecule has 2 heterocycles. The Labute approximate surface area is 241 Å². The number of nitrogens with zero attached hydrogens (tertiary/aromatic N) is 4. The number of aliphatic carboxylic acids is 1. The minimum absolute atomic E-state index is 0.0781. The number of halogens is 2. The van der Waals surface area contributed by atoms with Gasteiger partial charge in [0.2, 0.25) is 6.23 Å². The number of hydrogen-bond donors (Lipinski definition) is 5. The molecule has 0 saturated heterocycles. The van der Waals surface area contributed by atoms with E-state index in [1.54, 1.807) is 37.2 Å². The molecule has 2 aromatic carbocycles. The van der Waals surface area contributed by atoms with Gasteiger partial charge in [-0.05, 0) is 50.8 Å². The van der Waals surface area contributed by atoms with Gasteiger partial charge in [-0.15, -0.1) is 0 Å². The lowest BCUT2D eigenvalue weighted by Crippen LogP contribution is -2.53. The van der Waals surface area contributed by atoms with Crippen molar-refractivity contribution in [2.24, 2.45) is 10.7 Å². The van der Waals surface area contributed by atoms with Crippen LogP contribution in [0.2, 0.25) is 0 Å². The molecule has 0 radical (unpaired) electrons. The van der Waals surface area contributed by atoms with Crippen LogP contribution in [0, 0.1) is 5.41 Å². The van der Waals surface area contributed by atoms with Crippen LogP contribution in [0.3, 0.4) is 0 Å². The number of aromatic hydroxyl groups is 1. The summed E-state index contributed by atoms with van der Waals surface area (Å²) in [5.74, 6) is -4.11. The molecule has 224 valence electrons. The number of carbonyl (C=O) groups is 1. The van der Waals surface area contributed by atoms with E-state index in [1.165, 1.54) is 18.2 Å². The number of aliphatic imine (C=N–C) groups is 1. The Hall–Kier alpha value is -4.69. The lowest BCUT2D eigenvalue weighted by atomic mass is 10.1. The molecule has 2 aliphatic heterocycles. The fourth-order valence-electron chi connectivity index (χ4n) is 4.33. The average molecular weight is 586 g/mol. The van der Waals surface area contributed by atoms with Gasteiger partial charge in [0.15, 0.2) is 23.2 Å². The van der Waals surface area contributed by atoms with Gasteiger partial charge in [0.1, 0.15) is 24.0 Å². The van der Waals surface area contributed by atoms with Crippen LogP contribution in [0.4, 0.5) is 8.78 Å². The minimum atomic E-state index is -1.81. The van der Waals surface area contributed by atoms with E-state index in [-0.39, 0.29) is 41.4 Å². The number of nitrogen functional groups attached to an aromatic ring is 1. The third-order valence-corrected chi connectivity index (χ3v) is 6.50. The van der Waals surface area contributed by atoms with Crippen LogP contribution in [0.15, 0.2) is 70.6 Å². The van der Waals surface area contributed by atoms with Gasteiger partial charge in [0.25, 0.3) is 5.88 Å². The van der Waals surface area contributed by atoms with Crippen molar-refractivity contribution in [2.75, 3.05) is 47.3 Å². The quantitative estimate of drug-likeness (QED) is 0.185. The lowest BCUT2D eigenvalue weighted by Gasteiger charge is -2.37. The van der Waals surface area contributed by atoms with E-state index in [0.717, 1.165) is 17.4 Å². The summed E-state index contributed by atoms with van der Waals surface area (Å²) >= 11 is 0. The average Bonchev–Trinajstić information content (AvgIpc) is 3.37. The van der Waals surface area contributed by atoms with Crippen molar-refractivity contribution < 1.29 is 33.3 Å². The molecule has 2 aromatic rings. The van der Waals surface area contributed by atoms with Crippen molar-refractivity contribution in [3.05, 3.63) is 76.7 Å². The first-order valence-electron chi connectivity index (χ1n) is 13.0.